The van der Waals surface area contributed by atoms with Crippen LogP contribution in [-0.4, -0.2) is 5.12 Å². The van der Waals surface area contributed by atoms with Crippen molar-refractivity contribution in [2.45, 2.75) is 32.4 Å². The van der Waals surface area contributed by atoms with Crippen LogP contribution in [0.5, 0.6) is 0 Å². The summed E-state index contributed by atoms with van der Waals surface area (Å²) < 4.78 is 0. The van der Waals surface area contributed by atoms with Crippen molar-refractivity contribution in [3.05, 3.63) is 35.4 Å². The normalized spacial score (nSPS) is 10.6. The van der Waals surface area contributed by atoms with Crippen molar-refractivity contribution in [2.75, 3.05) is 0 Å². The molecule has 2 heteroatoms. The minimum Gasteiger partial charge on any atom is -0.288 e. The van der Waals surface area contributed by atoms with Gasteiger partial charge in [0.25, 0.3) is 0 Å². The van der Waals surface area contributed by atoms with Gasteiger partial charge >= 0.3 is 0 Å². The van der Waals surface area contributed by atoms with Gasteiger partial charge in [0.1, 0.15) is 0 Å². The maximum Gasteiger partial charge on any atom is 0.186 e. The Kier molecular flexibility index (Phi) is 4.21. The molecule has 1 rings (SSSR count). The molecule has 0 heterocycles. The fraction of sp³-hybridized carbons (Fsp3) is 0.417. The van der Waals surface area contributed by atoms with E-state index in [4.69, 9.17) is 0 Å². The lowest BCUT2D eigenvalue weighted by Gasteiger charge is -2.05. The molecule has 0 aliphatic carbocycles. The van der Waals surface area contributed by atoms with Crippen molar-refractivity contribution in [3.8, 4) is 0 Å². The van der Waals surface area contributed by atoms with E-state index in [1.54, 1.807) is 6.92 Å². The van der Waals surface area contributed by atoms with Crippen molar-refractivity contribution in [2.24, 2.45) is 0 Å². The van der Waals surface area contributed by atoms with Gasteiger partial charge in [-0.05, 0) is 17.0 Å². The van der Waals surface area contributed by atoms with Gasteiger partial charge in [-0.25, -0.2) is 0 Å². The van der Waals surface area contributed by atoms with E-state index in [0.717, 1.165) is 5.75 Å². The van der Waals surface area contributed by atoms with Gasteiger partial charge in [0.15, 0.2) is 5.12 Å². The van der Waals surface area contributed by atoms with E-state index in [-0.39, 0.29) is 5.12 Å². The van der Waals surface area contributed by atoms with Crippen molar-refractivity contribution in [1.82, 2.24) is 0 Å². The van der Waals surface area contributed by atoms with Gasteiger partial charge in [0.05, 0.1) is 0 Å². The molecule has 14 heavy (non-hydrogen) atoms. The van der Waals surface area contributed by atoms with Crippen molar-refractivity contribution in [1.29, 1.82) is 0 Å². The SMILES string of the molecule is CC(=O)SCc1ccc(C(C)C)cc1. The van der Waals surface area contributed by atoms with Crippen LogP contribution >= 0.6 is 11.8 Å². The van der Waals surface area contributed by atoms with Crippen LogP contribution in [0, 0.1) is 0 Å². The summed E-state index contributed by atoms with van der Waals surface area (Å²) >= 11 is 1.36. The summed E-state index contributed by atoms with van der Waals surface area (Å²) in [6, 6.07) is 8.48. The quantitative estimate of drug-likeness (QED) is 0.755. The van der Waals surface area contributed by atoms with Gasteiger partial charge in [-0.2, -0.15) is 0 Å². The summed E-state index contributed by atoms with van der Waals surface area (Å²) in [5.74, 6) is 1.36. The first-order valence-electron chi connectivity index (χ1n) is 4.82. The maximum atomic E-state index is 10.8. The molecule has 0 fully saturated rings. The highest BCUT2D eigenvalue weighted by atomic mass is 32.2. The predicted octanol–water partition coefficient (Wildman–Crippen LogP) is 3.59. The summed E-state index contributed by atoms with van der Waals surface area (Å²) in [4.78, 5) is 10.8. The second kappa shape index (κ2) is 5.20. The second-order valence-electron chi connectivity index (χ2n) is 3.68. The topological polar surface area (TPSA) is 17.1 Å². The van der Waals surface area contributed by atoms with E-state index in [9.17, 15) is 4.79 Å². The average molecular weight is 208 g/mol. The highest BCUT2D eigenvalue weighted by Gasteiger charge is 2.00. The highest BCUT2D eigenvalue weighted by molar-refractivity contribution is 8.12. The summed E-state index contributed by atoms with van der Waals surface area (Å²) in [6.07, 6.45) is 0. The lowest BCUT2D eigenvalue weighted by molar-refractivity contribution is -0.109. The minimum atomic E-state index is 0.179. The number of carbonyl (C=O) groups is 1. The average Bonchev–Trinajstić information content (AvgIpc) is 2.15. The molecule has 0 atom stereocenters. The van der Waals surface area contributed by atoms with Crippen LogP contribution in [0.4, 0.5) is 0 Å². The van der Waals surface area contributed by atoms with Crippen molar-refractivity contribution >= 4 is 16.9 Å². The third-order valence-corrected chi connectivity index (χ3v) is 2.97. The Morgan fingerprint density at radius 2 is 1.86 bits per heavy atom. The largest absolute Gasteiger partial charge is 0.288 e. The molecule has 1 aromatic rings. The fourth-order valence-corrected chi connectivity index (χ4v) is 1.75. The summed E-state index contributed by atoms with van der Waals surface area (Å²) in [5, 5.41) is 0.179. The highest BCUT2D eigenvalue weighted by Crippen LogP contribution is 2.17. The molecule has 0 aliphatic heterocycles. The van der Waals surface area contributed by atoms with Gasteiger partial charge in [-0.15, -0.1) is 0 Å². The Labute approximate surface area is 89.9 Å². The Hall–Kier alpha value is -0.760. The van der Waals surface area contributed by atoms with Crippen LogP contribution in [0.1, 0.15) is 37.8 Å². The summed E-state index contributed by atoms with van der Waals surface area (Å²) in [7, 11) is 0. The van der Waals surface area contributed by atoms with Crippen molar-refractivity contribution < 1.29 is 4.79 Å². The number of carbonyl (C=O) groups excluding carboxylic acids is 1. The lowest BCUT2D eigenvalue weighted by atomic mass is 10.0. The van der Waals surface area contributed by atoms with E-state index in [1.165, 1.54) is 22.9 Å². The molecule has 1 aromatic carbocycles. The third-order valence-electron chi connectivity index (χ3n) is 2.09. The Balaban J connectivity index is 2.59. The first-order chi connectivity index (χ1) is 6.59. The molecule has 0 amide bonds. The van der Waals surface area contributed by atoms with Crippen LogP contribution in [0.25, 0.3) is 0 Å². The zero-order valence-corrected chi connectivity index (χ0v) is 9.73. The summed E-state index contributed by atoms with van der Waals surface area (Å²) in [5.41, 5.74) is 2.57. The molecule has 0 spiro atoms. The molecule has 0 N–H and O–H groups in total. The van der Waals surface area contributed by atoms with Crippen LogP contribution in [0.15, 0.2) is 24.3 Å². The second-order valence-corrected chi connectivity index (χ2v) is 4.83. The first-order valence-corrected chi connectivity index (χ1v) is 5.80. The monoisotopic (exact) mass is 208 g/mol. The molecule has 0 saturated heterocycles. The predicted molar refractivity (Wildman–Crippen MR) is 62.5 cm³/mol. The molecule has 0 aliphatic rings. The van der Waals surface area contributed by atoms with Gasteiger partial charge in [-0.1, -0.05) is 49.9 Å². The smallest absolute Gasteiger partial charge is 0.186 e. The molecule has 1 nitrogen and oxygen atoms in total. The molecule has 0 unspecified atom stereocenters. The maximum absolute atomic E-state index is 10.8. The number of benzene rings is 1. The van der Waals surface area contributed by atoms with Gasteiger partial charge in [-0.3, -0.25) is 4.79 Å². The van der Waals surface area contributed by atoms with E-state index in [1.807, 2.05) is 0 Å². The van der Waals surface area contributed by atoms with Crippen LogP contribution < -0.4 is 0 Å². The van der Waals surface area contributed by atoms with Gasteiger partial charge in [0, 0.05) is 12.7 Å². The van der Waals surface area contributed by atoms with Crippen LogP contribution in [-0.2, 0) is 10.5 Å². The van der Waals surface area contributed by atoms with Gasteiger partial charge < -0.3 is 0 Å². The number of thioether (sulfide) groups is 1. The summed E-state index contributed by atoms with van der Waals surface area (Å²) in [6.45, 7) is 5.96. The standard InChI is InChI=1S/C12H16OS/c1-9(2)12-6-4-11(5-7-12)8-14-10(3)13/h4-7,9H,8H2,1-3H3. The molecule has 0 saturated carbocycles. The van der Waals surface area contributed by atoms with E-state index >= 15 is 0 Å². The third kappa shape index (κ3) is 3.54. The molecule has 0 radical (unpaired) electrons. The Morgan fingerprint density at radius 3 is 2.29 bits per heavy atom. The fourth-order valence-electron chi connectivity index (χ4n) is 1.18. The zero-order chi connectivity index (χ0) is 10.6. The number of hydrogen-bond acceptors (Lipinski definition) is 2. The van der Waals surface area contributed by atoms with E-state index in [2.05, 4.69) is 38.1 Å². The molecular formula is C12H16OS. The number of rotatable bonds is 3. The first kappa shape index (κ1) is 11.3. The van der Waals surface area contributed by atoms with Crippen molar-refractivity contribution in [3.63, 3.8) is 0 Å². The Morgan fingerprint density at radius 1 is 1.29 bits per heavy atom. The van der Waals surface area contributed by atoms with Gasteiger partial charge in [0.2, 0.25) is 0 Å². The van der Waals surface area contributed by atoms with E-state index < -0.39 is 0 Å². The molecule has 76 valence electrons. The molecule has 0 bridgehead atoms. The molecule has 0 aromatic heterocycles. The van der Waals surface area contributed by atoms with Crippen LogP contribution in [0.3, 0.4) is 0 Å². The zero-order valence-electron chi connectivity index (χ0n) is 8.91. The van der Waals surface area contributed by atoms with Crippen LogP contribution in [0.2, 0.25) is 0 Å². The lowest BCUT2D eigenvalue weighted by Crippen LogP contribution is -1.89. The number of hydrogen-bond donors (Lipinski definition) is 0. The minimum absolute atomic E-state index is 0.179. The molecular weight excluding hydrogens is 192 g/mol. The Bertz CT molecular complexity index is 301. The van der Waals surface area contributed by atoms with E-state index in [0.29, 0.717) is 5.92 Å².